The number of carbonyl (C=O) groups is 1. The van der Waals surface area contributed by atoms with E-state index in [4.69, 9.17) is 9.72 Å². The van der Waals surface area contributed by atoms with Crippen LogP contribution in [0.4, 0.5) is 0 Å². The van der Waals surface area contributed by atoms with Gasteiger partial charge in [0.25, 0.3) is 0 Å². The van der Waals surface area contributed by atoms with Crippen LogP contribution in [0.15, 0.2) is 18.2 Å². The fraction of sp³-hybridized carbons (Fsp3) is 0.500. The third kappa shape index (κ3) is 3.48. The molecule has 1 aromatic heterocycles. The largest absolute Gasteiger partial charge is 0.493 e. The van der Waals surface area contributed by atoms with E-state index in [9.17, 15) is 4.79 Å². The summed E-state index contributed by atoms with van der Waals surface area (Å²) in [5.74, 6) is 1.26. The summed E-state index contributed by atoms with van der Waals surface area (Å²) in [4.78, 5) is 19.9. The number of benzene rings is 1. The highest BCUT2D eigenvalue weighted by Crippen LogP contribution is 2.32. The first-order valence-corrected chi connectivity index (χ1v) is 9.88. The second-order valence-corrected chi connectivity index (χ2v) is 8.20. The van der Waals surface area contributed by atoms with Gasteiger partial charge in [-0.05, 0) is 37.5 Å². The standard InChI is InChI=1S/C20H24N2O2S/c1-13(23)11-20-21-17-5-8-22(9-6-19(17)25-20)14(2)16-4-3-15-7-10-24-18(15)12-16/h3-4,12,14H,5-11H2,1-2H3. The van der Waals surface area contributed by atoms with Crippen LogP contribution in [-0.2, 0) is 30.5 Å². The molecule has 2 aliphatic heterocycles. The molecule has 132 valence electrons. The third-order valence-corrected chi connectivity index (χ3v) is 6.39. The van der Waals surface area contributed by atoms with E-state index in [0.717, 1.165) is 49.7 Å². The van der Waals surface area contributed by atoms with Crippen molar-refractivity contribution in [1.82, 2.24) is 9.88 Å². The third-order valence-electron chi connectivity index (χ3n) is 5.23. The molecule has 0 radical (unpaired) electrons. The Morgan fingerprint density at radius 1 is 1.32 bits per heavy atom. The van der Waals surface area contributed by atoms with Crippen LogP contribution in [0, 0.1) is 0 Å². The van der Waals surface area contributed by atoms with Crippen molar-refractivity contribution in [3.63, 3.8) is 0 Å². The summed E-state index contributed by atoms with van der Waals surface area (Å²) in [5, 5.41) is 0.981. The number of carbonyl (C=O) groups excluding carboxylic acids is 1. The lowest BCUT2D eigenvalue weighted by Gasteiger charge is -2.28. The molecule has 4 rings (SSSR count). The zero-order valence-corrected chi connectivity index (χ0v) is 15.7. The zero-order chi connectivity index (χ0) is 17.4. The molecule has 0 bridgehead atoms. The van der Waals surface area contributed by atoms with Crippen LogP contribution >= 0.6 is 11.3 Å². The van der Waals surface area contributed by atoms with Gasteiger partial charge in [-0.25, -0.2) is 4.98 Å². The van der Waals surface area contributed by atoms with Gasteiger partial charge < -0.3 is 4.74 Å². The smallest absolute Gasteiger partial charge is 0.136 e. The number of rotatable bonds is 4. The van der Waals surface area contributed by atoms with Gasteiger partial charge in [0.1, 0.15) is 16.5 Å². The molecular weight excluding hydrogens is 332 g/mol. The Balaban J connectivity index is 1.46. The van der Waals surface area contributed by atoms with Crippen LogP contribution in [0.3, 0.4) is 0 Å². The Hall–Kier alpha value is -1.72. The number of ether oxygens (including phenoxy) is 1. The van der Waals surface area contributed by atoms with Crippen molar-refractivity contribution in [3.8, 4) is 5.75 Å². The summed E-state index contributed by atoms with van der Waals surface area (Å²) in [5.41, 5.74) is 3.86. The van der Waals surface area contributed by atoms with Crippen LogP contribution in [0.1, 0.15) is 46.6 Å². The van der Waals surface area contributed by atoms with Gasteiger partial charge in [0.15, 0.2) is 0 Å². The molecule has 4 nitrogen and oxygen atoms in total. The number of thiazole rings is 1. The molecular formula is C20H24N2O2S. The van der Waals surface area contributed by atoms with E-state index in [2.05, 4.69) is 30.0 Å². The van der Waals surface area contributed by atoms with Crippen molar-refractivity contribution in [1.29, 1.82) is 0 Å². The molecule has 5 heteroatoms. The molecule has 1 unspecified atom stereocenters. The average molecular weight is 356 g/mol. The summed E-state index contributed by atoms with van der Waals surface area (Å²) >= 11 is 1.72. The first-order chi connectivity index (χ1) is 12.1. The normalized spacial score (nSPS) is 18.2. The van der Waals surface area contributed by atoms with Gasteiger partial charge >= 0.3 is 0 Å². The van der Waals surface area contributed by atoms with Crippen molar-refractivity contribution >= 4 is 17.1 Å². The number of aromatic nitrogens is 1. The van der Waals surface area contributed by atoms with E-state index in [1.54, 1.807) is 18.3 Å². The molecule has 1 aromatic carbocycles. The molecule has 2 aliphatic rings. The summed E-state index contributed by atoms with van der Waals surface area (Å²) in [6.07, 6.45) is 3.50. The molecule has 25 heavy (non-hydrogen) atoms. The molecule has 0 N–H and O–H groups in total. The van der Waals surface area contributed by atoms with E-state index in [1.807, 2.05) is 0 Å². The lowest BCUT2D eigenvalue weighted by atomic mass is 10.0. The first-order valence-electron chi connectivity index (χ1n) is 9.06. The lowest BCUT2D eigenvalue weighted by molar-refractivity contribution is -0.116. The number of Topliss-reactive ketones (excluding diaryl/α,β-unsaturated/α-hetero) is 1. The summed E-state index contributed by atoms with van der Waals surface area (Å²) in [7, 11) is 0. The molecule has 3 heterocycles. The fourth-order valence-corrected chi connectivity index (χ4v) is 4.94. The molecule has 0 amide bonds. The summed E-state index contributed by atoms with van der Waals surface area (Å²) in [6, 6.07) is 7.07. The van der Waals surface area contributed by atoms with Gasteiger partial charge in [-0.15, -0.1) is 11.3 Å². The van der Waals surface area contributed by atoms with Crippen molar-refractivity contribution in [3.05, 3.63) is 44.9 Å². The molecule has 0 aliphatic carbocycles. The van der Waals surface area contributed by atoms with E-state index >= 15 is 0 Å². The number of ketones is 1. The highest BCUT2D eigenvalue weighted by Gasteiger charge is 2.23. The second-order valence-electron chi connectivity index (χ2n) is 7.03. The van der Waals surface area contributed by atoms with Crippen molar-refractivity contribution in [2.24, 2.45) is 0 Å². The van der Waals surface area contributed by atoms with Crippen LogP contribution in [0.5, 0.6) is 5.75 Å². The molecule has 1 atom stereocenters. The van der Waals surface area contributed by atoms with Crippen molar-refractivity contribution in [2.45, 2.75) is 45.6 Å². The molecule has 0 saturated heterocycles. The highest BCUT2D eigenvalue weighted by atomic mass is 32.1. The Bertz CT molecular complexity index is 773. The predicted octanol–water partition coefficient (Wildman–Crippen LogP) is 3.37. The number of fused-ring (bicyclic) bond motifs is 2. The maximum atomic E-state index is 11.3. The maximum Gasteiger partial charge on any atom is 0.136 e. The maximum absolute atomic E-state index is 11.3. The van der Waals surface area contributed by atoms with Crippen molar-refractivity contribution in [2.75, 3.05) is 19.7 Å². The second kappa shape index (κ2) is 6.89. The van der Waals surface area contributed by atoms with E-state index in [-0.39, 0.29) is 5.78 Å². The van der Waals surface area contributed by atoms with Crippen LogP contribution in [-0.4, -0.2) is 35.4 Å². The predicted molar refractivity (Wildman–Crippen MR) is 99.5 cm³/mol. The van der Waals surface area contributed by atoms with E-state index < -0.39 is 0 Å². The van der Waals surface area contributed by atoms with Gasteiger partial charge in [0.2, 0.25) is 0 Å². The minimum absolute atomic E-state index is 0.193. The molecule has 2 aromatic rings. The Kier molecular flexibility index (Phi) is 4.61. The quantitative estimate of drug-likeness (QED) is 0.842. The van der Waals surface area contributed by atoms with Gasteiger partial charge in [0, 0.05) is 36.9 Å². The fourth-order valence-electron chi connectivity index (χ4n) is 3.76. The Morgan fingerprint density at radius 2 is 2.16 bits per heavy atom. The number of nitrogens with zero attached hydrogens (tertiary/aromatic N) is 2. The first kappa shape index (κ1) is 16.7. The minimum atomic E-state index is 0.193. The Labute approximate surface area is 152 Å². The molecule has 0 spiro atoms. The van der Waals surface area contributed by atoms with Gasteiger partial charge in [-0.1, -0.05) is 12.1 Å². The summed E-state index contributed by atoms with van der Waals surface area (Å²) in [6.45, 7) is 6.77. The van der Waals surface area contributed by atoms with Crippen LogP contribution in [0.25, 0.3) is 0 Å². The van der Waals surface area contributed by atoms with Gasteiger partial charge in [-0.3, -0.25) is 9.69 Å². The van der Waals surface area contributed by atoms with Gasteiger partial charge in [-0.2, -0.15) is 0 Å². The van der Waals surface area contributed by atoms with E-state index in [0.29, 0.717) is 12.5 Å². The molecule has 0 fully saturated rings. The van der Waals surface area contributed by atoms with Gasteiger partial charge in [0.05, 0.1) is 18.7 Å². The minimum Gasteiger partial charge on any atom is -0.493 e. The lowest BCUT2D eigenvalue weighted by Crippen LogP contribution is -2.29. The van der Waals surface area contributed by atoms with Crippen molar-refractivity contribution < 1.29 is 9.53 Å². The SMILES string of the molecule is CC(=O)Cc1nc2c(s1)CCN(C(C)c1ccc3c(c1)OCC3)CC2. The Morgan fingerprint density at radius 3 is 3.00 bits per heavy atom. The number of hydrogen-bond acceptors (Lipinski definition) is 5. The topological polar surface area (TPSA) is 42.4 Å². The number of hydrogen-bond donors (Lipinski definition) is 0. The molecule has 0 saturated carbocycles. The average Bonchev–Trinajstić information content (AvgIpc) is 3.15. The monoisotopic (exact) mass is 356 g/mol. The highest BCUT2D eigenvalue weighted by molar-refractivity contribution is 7.11. The van der Waals surface area contributed by atoms with Crippen LogP contribution in [0.2, 0.25) is 0 Å². The van der Waals surface area contributed by atoms with E-state index in [1.165, 1.54) is 21.7 Å². The zero-order valence-electron chi connectivity index (χ0n) is 14.9. The summed E-state index contributed by atoms with van der Waals surface area (Å²) < 4.78 is 5.73. The van der Waals surface area contributed by atoms with Crippen LogP contribution < -0.4 is 4.74 Å².